The summed E-state index contributed by atoms with van der Waals surface area (Å²) in [6.45, 7) is 5.31. The van der Waals surface area contributed by atoms with Crippen LogP contribution in [-0.4, -0.2) is 76.3 Å². The molecule has 202 valence electrons. The van der Waals surface area contributed by atoms with Crippen LogP contribution in [0.1, 0.15) is 12.8 Å². The molecular formula is C27H30ClN9O2. The number of pyridine rings is 1. The number of hydrogen-bond acceptors (Lipinski definition) is 9. The minimum atomic E-state index is -0.303. The number of ether oxygens (including phenoxy) is 1. The molecule has 0 spiro atoms. The molecule has 1 aromatic carbocycles. The molecule has 0 aliphatic carbocycles. The quantitative estimate of drug-likeness (QED) is 0.274. The van der Waals surface area contributed by atoms with Gasteiger partial charge in [0.05, 0.1) is 47.3 Å². The van der Waals surface area contributed by atoms with Gasteiger partial charge >= 0.3 is 0 Å². The van der Waals surface area contributed by atoms with Crippen molar-refractivity contribution in [2.45, 2.75) is 18.9 Å². The van der Waals surface area contributed by atoms with E-state index in [0.29, 0.717) is 45.5 Å². The Morgan fingerprint density at radius 1 is 1.18 bits per heavy atom. The fourth-order valence-corrected chi connectivity index (χ4v) is 4.92. The van der Waals surface area contributed by atoms with Gasteiger partial charge in [-0.05, 0) is 45.1 Å². The number of carbonyl (C=O) groups is 1. The number of piperidine rings is 1. The number of anilines is 4. The van der Waals surface area contributed by atoms with Crippen molar-refractivity contribution < 1.29 is 9.53 Å². The molecule has 1 saturated heterocycles. The normalized spacial score (nSPS) is 14.0. The van der Waals surface area contributed by atoms with Crippen LogP contribution >= 0.6 is 11.6 Å². The van der Waals surface area contributed by atoms with Crippen molar-refractivity contribution in [3.05, 3.63) is 54.5 Å². The van der Waals surface area contributed by atoms with Crippen molar-refractivity contribution in [1.29, 1.82) is 0 Å². The first kappa shape index (κ1) is 26.4. The lowest BCUT2D eigenvalue weighted by Crippen LogP contribution is -2.42. The molecule has 1 aliphatic heterocycles. The molecule has 11 nitrogen and oxygen atoms in total. The van der Waals surface area contributed by atoms with Crippen molar-refractivity contribution in [2.75, 3.05) is 49.8 Å². The second-order valence-corrected chi connectivity index (χ2v) is 9.90. The van der Waals surface area contributed by atoms with Crippen LogP contribution in [0.2, 0.25) is 5.02 Å². The molecule has 0 radical (unpaired) electrons. The highest BCUT2D eigenvalue weighted by molar-refractivity contribution is 6.33. The maximum atomic E-state index is 12.3. The average molecular weight is 548 g/mol. The Kier molecular flexibility index (Phi) is 7.62. The zero-order chi connectivity index (χ0) is 27.5. The maximum Gasteiger partial charge on any atom is 0.247 e. The Hall–Kier alpha value is -4.22. The van der Waals surface area contributed by atoms with Crippen LogP contribution in [0.3, 0.4) is 0 Å². The van der Waals surface area contributed by atoms with Crippen molar-refractivity contribution >= 4 is 51.6 Å². The highest BCUT2D eigenvalue weighted by atomic mass is 35.5. The number of benzene rings is 1. The van der Waals surface area contributed by atoms with Crippen molar-refractivity contribution in [3.63, 3.8) is 0 Å². The van der Waals surface area contributed by atoms with Gasteiger partial charge in [0.2, 0.25) is 11.9 Å². The van der Waals surface area contributed by atoms with Crippen molar-refractivity contribution in [1.82, 2.24) is 30.0 Å². The summed E-state index contributed by atoms with van der Waals surface area (Å²) < 4.78 is 5.74. The third kappa shape index (κ3) is 5.64. The zero-order valence-electron chi connectivity index (χ0n) is 22.0. The summed E-state index contributed by atoms with van der Waals surface area (Å²) >= 11 is 6.46. The predicted octanol–water partition coefficient (Wildman–Crippen LogP) is 4.48. The van der Waals surface area contributed by atoms with Crippen LogP contribution in [0.5, 0.6) is 5.75 Å². The number of aromatic nitrogens is 5. The molecule has 0 unspecified atom stereocenters. The summed E-state index contributed by atoms with van der Waals surface area (Å²) in [5.41, 5.74) is 4.01. The molecule has 3 N–H and O–H groups in total. The van der Waals surface area contributed by atoms with Gasteiger partial charge in [-0.25, -0.2) is 15.0 Å². The average Bonchev–Trinajstić information content (AvgIpc) is 3.42. The number of carbonyl (C=O) groups excluding carboxylic acids is 1. The van der Waals surface area contributed by atoms with Gasteiger partial charge in [0.15, 0.2) is 5.65 Å². The van der Waals surface area contributed by atoms with E-state index in [1.807, 2.05) is 18.2 Å². The van der Waals surface area contributed by atoms with Crippen LogP contribution in [0.4, 0.5) is 23.0 Å². The Morgan fingerprint density at radius 3 is 2.69 bits per heavy atom. The summed E-state index contributed by atoms with van der Waals surface area (Å²) in [5.74, 6) is 0.584. The zero-order valence-corrected chi connectivity index (χ0v) is 22.8. The molecule has 4 heterocycles. The van der Waals surface area contributed by atoms with Crippen molar-refractivity contribution in [3.8, 4) is 17.0 Å². The number of halogens is 1. The van der Waals surface area contributed by atoms with Gasteiger partial charge < -0.3 is 25.2 Å². The monoisotopic (exact) mass is 547 g/mol. The molecule has 0 atom stereocenters. The molecule has 1 fully saturated rings. The highest BCUT2D eigenvalue weighted by Gasteiger charge is 2.24. The number of rotatable bonds is 8. The van der Waals surface area contributed by atoms with E-state index in [0.717, 1.165) is 42.6 Å². The summed E-state index contributed by atoms with van der Waals surface area (Å²) in [4.78, 5) is 30.3. The number of hydrogen-bond donors (Lipinski definition) is 3. The number of amides is 1. The number of H-pyrrole nitrogens is 1. The standard InChI is InChI=1S/C27H30ClN9O2/c1-5-24(38)32-20-11-21(23(39-4)12-22(20)37-8-6-18(7-9-37)36(2)3)33-27-30-15-19(28)25(34-27)16-10-17-14-31-35-26(17)29-13-16/h5,10-15,18H,1,6-9H2,2-4H3,(H,32,38)(H,29,31,35)(H,30,33,34). The van der Waals surface area contributed by atoms with E-state index in [4.69, 9.17) is 16.3 Å². The first-order valence-electron chi connectivity index (χ1n) is 12.5. The summed E-state index contributed by atoms with van der Waals surface area (Å²) in [5, 5.41) is 14.2. The number of aromatic amines is 1. The summed E-state index contributed by atoms with van der Waals surface area (Å²) in [7, 11) is 5.82. The van der Waals surface area contributed by atoms with Gasteiger partial charge in [-0.1, -0.05) is 18.2 Å². The van der Waals surface area contributed by atoms with Crippen LogP contribution in [0.25, 0.3) is 22.3 Å². The Bertz CT molecular complexity index is 1510. The number of methoxy groups -OCH3 is 1. The smallest absolute Gasteiger partial charge is 0.247 e. The number of fused-ring (bicyclic) bond motifs is 1. The maximum absolute atomic E-state index is 12.3. The van der Waals surface area contributed by atoms with Gasteiger partial charge in [-0.15, -0.1) is 0 Å². The molecule has 4 aromatic rings. The lowest BCUT2D eigenvalue weighted by molar-refractivity contribution is -0.111. The van der Waals surface area contributed by atoms with Crippen LogP contribution < -0.4 is 20.3 Å². The molecule has 0 saturated carbocycles. The number of nitrogens with one attached hydrogen (secondary N) is 3. The molecule has 12 heteroatoms. The third-order valence-electron chi connectivity index (χ3n) is 6.85. The van der Waals surface area contributed by atoms with E-state index in [2.05, 4.69) is 66.3 Å². The minimum absolute atomic E-state index is 0.303. The number of nitrogens with zero attached hydrogens (tertiary/aromatic N) is 6. The van der Waals surface area contributed by atoms with Gasteiger partial charge in [0, 0.05) is 42.3 Å². The minimum Gasteiger partial charge on any atom is -0.494 e. The summed E-state index contributed by atoms with van der Waals surface area (Å²) in [6.07, 6.45) is 8.18. The molecule has 39 heavy (non-hydrogen) atoms. The Labute approximate surface area is 231 Å². The molecule has 1 amide bonds. The molecule has 0 bridgehead atoms. The summed E-state index contributed by atoms with van der Waals surface area (Å²) in [6, 6.07) is 6.17. The molecule has 3 aromatic heterocycles. The highest BCUT2D eigenvalue weighted by Crippen LogP contribution is 2.40. The van der Waals surface area contributed by atoms with E-state index in [1.54, 1.807) is 19.5 Å². The molecule has 1 aliphatic rings. The molecule has 5 rings (SSSR count). The van der Waals surface area contributed by atoms with E-state index >= 15 is 0 Å². The van der Waals surface area contributed by atoms with Crippen LogP contribution in [0, 0.1) is 0 Å². The fraction of sp³-hybridized carbons (Fsp3) is 0.296. The van der Waals surface area contributed by atoms with Crippen molar-refractivity contribution in [2.24, 2.45) is 0 Å². The van der Waals surface area contributed by atoms with E-state index in [9.17, 15) is 4.79 Å². The van der Waals surface area contributed by atoms with E-state index in [-0.39, 0.29) is 5.91 Å². The second-order valence-electron chi connectivity index (χ2n) is 9.49. The lowest BCUT2D eigenvalue weighted by Gasteiger charge is -2.37. The van der Waals surface area contributed by atoms with Gasteiger partial charge in [0.25, 0.3) is 0 Å². The SMILES string of the molecule is C=CC(=O)Nc1cc(Nc2ncc(Cl)c(-c3cnc4[nH]ncc4c3)n2)c(OC)cc1N1CCC(N(C)C)CC1. The van der Waals surface area contributed by atoms with Gasteiger partial charge in [-0.2, -0.15) is 5.10 Å². The van der Waals surface area contributed by atoms with Crippen LogP contribution in [-0.2, 0) is 4.79 Å². The van der Waals surface area contributed by atoms with E-state index in [1.165, 1.54) is 12.3 Å². The first-order chi connectivity index (χ1) is 18.9. The Morgan fingerprint density at radius 2 is 1.97 bits per heavy atom. The topological polar surface area (TPSA) is 124 Å². The largest absolute Gasteiger partial charge is 0.494 e. The lowest BCUT2D eigenvalue weighted by atomic mass is 10.0. The van der Waals surface area contributed by atoms with Gasteiger partial charge in [0.1, 0.15) is 5.75 Å². The first-order valence-corrected chi connectivity index (χ1v) is 12.9. The fourth-order valence-electron chi connectivity index (χ4n) is 4.72. The molecular weight excluding hydrogens is 518 g/mol. The van der Waals surface area contributed by atoms with Gasteiger partial charge in [-0.3, -0.25) is 9.89 Å². The third-order valence-corrected chi connectivity index (χ3v) is 7.13. The van der Waals surface area contributed by atoms with Crippen LogP contribution in [0.15, 0.2) is 49.4 Å². The Balaban J connectivity index is 1.48. The predicted molar refractivity (Wildman–Crippen MR) is 154 cm³/mol. The van der Waals surface area contributed by atoms with E-state index < -0.39 is 0 Å². The second kappa shape index (κ2) is 11.3.